The van der Waals surface area contributed by atoms with E-state index in [2.05, 4.69) is 16.0 Å². The number of nitrogens with two attached hydrogens (primary N) is 2. The molecule has 0 aliphatic heterocycles. The molecule has 39 heavy (non-hydrogen) atoms. The smallest absolute Gasteiger partial charge is 0.326 e. The molecular formula is C25H37N5O9. The zero-order chi connectivity index (χ0) is 29.7. The van der Waals surface area contributed by atoms with Crippen LogP contribution in [0.5, 0.6) is 5.75 Å². The second-order valence-electron chi connectivity index (χ2n) is 9.25. The Morgan fingerprint density at radius 2 is 1.41 bits per heavy atom. The molecule has 4 amide bonds. The molecule has 216 valence electrons. The lowest BCUT2D eigenvalue weighted by Gasteiger charge is -2.28. The van der Waals surface area contributed by atoms with Crippen LogP contribution in [0.3, 0.4) is 0 Å². The summed E-state index contributed by atoms with van der Waals surface area (Å²) in [5.41, 5.74) is 11.9. The fourth-order valence-electron chi connectivity index (χ4n) is 3.56. The molecule has 0 radical (unpaired) electrons. The van der Waals surface area contributed by atoms with Gasteiger partial charge in [0.1, 0.15) is 23.9 Å². The van der Waals surface area contributed by atoms with Crippen molar-refractivity contribution in [2.45, 2.75) is 76.5 Å². The van der Waals surface area contributed by atoms with Crippen molar-refractivity contribution in [2.75, 3.05) is 0 Å². The summed E-state index contributed by atoms with van der Waals surface area (Å²) in [5.74, 6) is -6.22. The standard InChI is InChI=1S/C25H37N5O9/c1-3-13(2)21(30-22(35)16(26)12-14-4-6-15(31)7-5-14)24(37)28-17(8-10-19(27)32)23(36)29-18(25(38)39)9-11-20(33)34/h4-7,13,16-18,21,31H,3,8-12,26H2,1-2H3,(H2,27,32)(H,28,37)(H,29,36)(H,30,35)(H,33,34)(H,38,39). The predicted octanol–water partition coefficient (Wildman–Crippen LogP) is -1.02. The fraction of sp³-hybridized carbons (Fsp3) is 0.520. The second kappa shape index (κ2) is 15.9. The number of phenolic OH excluding ortho intramolecular Hbond substituents is 1. The number of primary amides is 1. The van der Waals surface area contributed by atoms with Gasteiger partial charge in [0.25, 0.3) is 0 Å². The highest BCUT2D eigenvalue weighted by Crippen LogP contribution is 2.13. The van der Waals surface area contributed by atoms with Gasteiger partial charge in [0.05, 0.1) is 6.04 Å². The van der Waals surface area contributed by atoms with Crippen LogP contribution in [0.4, 0.5) is 0 Å². The topological polar surface area (TPSA) is 251 Å². The number of nitrogens with one attached hydrogen (secondary N) is 3. The van der Waals surface area contributed by atoms with Crippen LogP contribution < -0.4 is 27.4 Å². The lowest BCUT2D eigenvalue weighted by Crippen LogP contribution is -2.58. The Labute approximate surface area is 225 Å². The number of carbonyl (C=O) groups is 6. The highest BCUT2D eigenvalue weighted by molar-refractivity contribution is 5.94. The summed E-state index contributed by atoms with van der Waals surface area (Å²) in [5, 5.41) is 34.8. The minimum atomic E-state index is -1.55. The first-order valence-corrected chi connectivity index (χ1v) is 12.4. The molecule has 1 aromatic carbocycles. The van der Waals surface area contributed by atoms with Crippen molar-refractivity contribution >= 4 is 35.6 Å². The van der Waals surface area contributed by atoms with E-state index >= 15 is 0 Å². The summed E-state index contributed by atoms with van der Waals surface area (Å²) >= 11 is 0. The first-order chi connectivity index (χ1) is 18.2. The molecule has 14 nitrogen and oxygen atoms in total. The minimum absolute atomic E-state index is 0.0526. The van der Waals surface area contributed by atoms with Crippen molar-refractivity contribution in [3.05, 3.63) is 29.8 Å². The van der Waals surface area contributed by atoms with E-state index in [-0.39, 0.29) is 25.0 Å². The van der Waals surface area contributed by atoms with Gasteiger partial charge in [-0.3, -0.25) is 24.0 Å². The average Bonchev–Trinajstić information content (AvgIpc) is 2.87. The molecule has 10 N–H and O–H groups in total. The Kier molecular flexibility index (Phi) is 13.4. The van der Waals surface area contributed by atoms with E-state index in [1.807, 2.05) is 0 Å². The Morgan fingerprint density at radius 3 is 1.92 bits per heavy atom. The highest BCUT2D eigenvalue weighted by Gasteiger charge is 2.32. The highest BCUT2D eigenvalue weighted by atomic mass is 16.4. The van der Waals surface area contributed by atoms with Gasteiger partial charge in [-0.1, -0.05) is 32.4 Å². The van der Waals surface area contributed by atoms with E-state index in [9.17, 15) is 39.0 Å². The Bertz CT molecular complexity index is 1030. The van der Waals surface area contributed by atoms with Crippen LogP contribution in [0.25, 0.3) is 0 Å². The number of carbonyl (C=O) groups excluding carboxylic acids is 4. The molecule has 5 unspecified atom stereocenters. The summed E-state index contributed by atoms with van der Waals surface area (Å²) in [6, 6.07) is 0.990. The van der Waals surface area contributed by atoms with Crippen molar-refractivity contribution in [3.8, 4) is 5.75 Å². The maximum Gasteiger partial charge on any atom is 0.326 e. The Morgan fingerprint density at radius 1 is 0.846 bits per heavy atom. The van der Waals surface area contributed by atoms with Crippen molar-refractivity contribution in [2.24, 2.45) is 17.4 Å². The van der Waals surface area contributed by atoms with Crippen LogP contribution in [-0.2, 0) is 35.2 Å². The molecule has 0 saturated heterocycles. The van der Waals surface area contributed by atoms with Crippen LogP contribution in [0.1, 0.15) is 51.5 Å². The van der Waals surface area contributed by atoms with Crippen molar-refractivity contribution in [1.29, 1.82) is 0 Å². The molecule has 0 bridgehead atoms. The lowest BCUT2D eigenvalue weighted by molar-refractivity contribution is -0.143. The number of aromatic hydroxyl groups is 1. The number of hydrogen-bond acceptors (Lipinski definition) is 8. The van der Waals surface area contributed by atoms with Crippen molar-refractivity contribution in [3.63, 3.8) is 0 Å². The zero-order valence-corrected chi connectivity index (χ0v) is 21.9. The maximum atomic E-state index is 13.2. The van der Waals surface area contributed by atoms with E-state index in [1.54, 1.807) is 26.0 Å². The van der Waals surface area contributed by atoms with Gasteiger partial charge in [-0.2, -0.15) is 0 Å². The van der Waals surface area contributed by atoms with E-state index in [0.717, 1.165) is 0 Å². The molecule has 0 heterocycles. The largest absolute Gasteiger partial charge is 0.508 e. The minimum Gasteiger partial charge on any atom is -0.508 e. The molecule has 0 spiro atoms. The summed E-state index contributed by atoms with van der Waals surface area (Å²) < 4.78 is 0. The average molecular weight is 552 g/mol. The number of carboxylic acid groups (broad SMARTS) is 2. The third-order valence-corrected chi connectivity index (χ3v) is 6.10. The van der Waals surface area contributed by atoms with E-state index in [4.69, 9.17) is 16.6 Å². The van der Waals surface area contributed by atoms with Gasteiger partial charge in [0, 0.05) is 12.8 Å². The number of amides is 4. The molecule has 1 aromatic rings. The van der Waals surface area contributed by atoms with Gasteiger partial charge >= 0.3 is 11.9 Å². The SMILES string of the molecule is CCC(C)C(NC(=O)C(N)Cc1ccc(O)cc1)C(=O)NC(CCC(N)=O)C(=O)NC(CCC(=O)O)C(=O)O. The summed E-state index contributed by atoms with van der Waals surface area (Å²) in [4.78, 5) is 72.5. The van der Waals surface area contributed by atoms with Crippen LogP contribution in [0.15, 0.2) is 24.3 Å². The van der Waals surface area contributed by atoms with Gasteiger partial charge in [0.2, 0.25) is 23.6 Å². The number of phenols is 1. The number of hydrogen-bond donors (Lipinski definition) is 8. The van der Waals surface area contributed by atoms with Crippen LogP contribution in [0.2, 0.25) is 0 Å². The monoisotopic (exact) mass is 551 g/mol. The molecule has 5 atom stereocenters. The predicted molar refractivity (Wildman–Crippen MR) is 138 cm³/mol. The van der Waals surface area contributed by atoms with E-state index in [1.165, 1.54) is 12.1 Å². The van der Waals surface area contributed by atoms with Gasteiger partial charge in [-0.25, -0.2) is 4.79 Å². The van der Waals surface area contributed by atoms with Crippen LogP contribution in [-0.4, -0.2) is 75.1 Å². The van der Waals surface area contributed by atoms with Crippen LogP contribution in [0, 0.1) is 5.92 Å². The van der Waals surface area contributed by atoms with Gasteiger partial charge in [-0.15, -0.1) is 0 Å². The van der Waals surface area contributed by atoms with Crippen LogP contribution >= 0.6 is 0 Å². The van der Waals surface area contributed by atoms with E-state index in [0.29, 0.717) is 12.0 Å². The molecule has 0 saturated carbocycles. The number of rotatable bonds is 17. The number of aliphatic carboxylic acids is 2. The Balaban J connectivity index is 3.02. The van der Waals surface area contributed by atoms with Crippen molar-refractivity contribution < 1.29 is 44.1 Å². The molecule has 0 aliphatic carbocycles. The lowest BCUT2D eigenvalue weighted by atomic mass is 9.96. The molecule has 1 rings (SSSR count). The molecule has 14 heteroatoms. The Hall–Kier alpha value is -4.20. The van der Waals surface area contributed by atoms with Gasteiger partial charge in [0.15, 0.2) is 0 Å². The normalized spacial score (nSPS) is 14.6. The van der Waals surface area contributed by atoms with Gasteiger partial charge in [-0.05, 0) is 42.9 Å². The summed E-state index contributed by atoms with van der Waals surface area (Å²) in [6.07, 6.45) is -0.931. The van der Waals surface area contributed by atoms with E-state index < -0.39 is 78.5 Å². The van der Waals surface area contributed by atoms with Gasteiger partial charge < -0.3 is 42.7 Å². The zero-order valence-electron chi connectivity index (χ0n) is 21.9. The fourth-order valence-corrected chi connectivity index (χ4v) is 3.56. The first-order valence-electron chi connectivity index (χ1n) is 12.4. The quantitative estimate of drug-likeness (QED) is 0.117. The number of carboxylic acids is 2. The number of benzene rings is 1. The first kappa shape index (κ1) is 32.8. The molecule has 0 fully saturated rings. The third kappa shape index (κ3) is 11.8. The molecule has 0 aliphatic rings. The van der Waals surface area contributed by atoms with Crippen molar-refractivity contribution in [1.82, 2.24) is 16.0 Å². The molecule has 0 aromatic heterocycles. The molecular weight excluding hydrogens is 514 g/mol. The third-order valence-electron chi connectivity index (χ3n) is 6.10. The second-order valence-corrected chi connectivity index (χ2v) is 9.25. The summed E-state index contributed by atoms with van der Waals surface area (Å²) in [6.45, 7) is 3.48. The maximum absolute atomic E-state index is 13.2. The summed E-state index contributed by atoms with van der Waals surface area (Å²) in [7, 11) is 0.